The number of rotatable bonds is 9. The summed E-state index contributed by atoms with van der Waals surface area (Å²) in [7, 11) is 0. The summed E-state index contributed by atoms with van der Waals surface area (Å²) in [6, 6.07) is 7.77. The van der Waals surface area contributed by atoms with Crippen LogP contribution in [0.4, 0.5) is 16.0 Å². The Morgan fingerprint density at radius 3 is 2.79 bits per heavy atom. The zero-order chi connectivity index (χ0) is 23.5. The lowest BCUT2D eigenvalue weighted by atomic mass is 10.1. The predicted molar refractivity (Wildman–Crippen MR) is 128 cm³/mol. The Morgan fingerprint density at radius 2 is 2.09 bits per heavy atom. The average molecular weight is 464 g/mol. The summed E-state index contributed by atoms with van der Waals surface area (Å²) >= 11 is 0. The molecule has 1 aliphatic heterocycles. The van der Waals surface area contributed by atoms with Crippen LogP contribution in [0.3, 0.4) is 0 Å². The van der Waals surface area contributed by atoms with Gasteiger partial charge in [0, 0.05) is 42.1 Å². The number of amides is 1. The molecule has 2 aliphatic rings. The minimum atomic E-state index is -0.300. The quantitative estimate of drug-likeness (QED) is 0.449. The Balaban J connectivity index is 1.21. The van der Waals surface area contributed by atoms with E-state index >= 15 is 0 Å². The second-order valence-electron chi connectivity index (χ2n) is 9.47. The van der Waals surface area contributed by atoms with Crippen LogP contribution in [0.15, 0.2) is 42.9 Å². The van der Waals surface area contributed by atoms with Gasteiger partial charge in [0.15, 0.2) is 0 Å². The molecule has 9 heteroatoms. The van der Waals surface area contributed by atoms with Crippen molar-refractivity contribution in [3.63, 3.8) is 0 Å². The summed E-state index contributed by atoms with van der Waals surface area (Å²) in [5, 5.41) is 13.9. The van der Waals surface area contributed by atoms with Gasteiger partial charge in [-0.2, -0.15) is 5.10 Å². The van der Waals surface area contributed by atoms with Crippen LogP contribution in [0, 0.1) is 12.3 Å². The van der Waals surface area contributed by atoms with E-state index in [1.807, 2.05) is 42.1 Å². The van der Waals surface area contributed by atoms with E-state index in [1.165, 1.54) is 0 Å². The Kier molecular flexibility index (Phi) is 6.28. The third-order valence-corrected chi connectivity index (χ3v) is 6.67. The van der Waals surface area contributed by atoms with Crippen LogP contribution in [0.25, 0.3) is 11.3 Å². The molecule has 34 heavy (non-hydrogen) atoms. The van der Waals surface area contributed by atoms with Crippen LogP contribution in [0.1, 0.15) is 36.8 Å². The second-order valence-corrected chi connectivity index (χ2v) is 9.47. The van der Waals surface area contributed by atoms with E-state index in [2.05, 4.69) is 26.0 Å². The van der Waals surface area contributed by atoms with Crippen molar-refractivity contribution in [1.29, 1.82) is 0 Å². The molecule has 1 saturated heterocycles. The maximum Gasteiger partial charge on any atom is 0.237 e. The van der Waals surface area contributed by atoms with E-state index in [-0.39, 0.29) is 24.0 Å². The average Bonchev–Trinajstić information content (AvgIpc) is 3.22. The topological polar surface area (TPSA) is 96.8 Å². The lowest BCUT2D eigenvalue weighted by Gasteiger charge is -2.12. The SMILES string of the molecule is Cc1cnc(Nc2ccc(CNC(=O)[C@@H]3CCCN3)cc2)nc1-c1cnn(CC2(CF)CC2)c1. The second kappa shape index (κ2) is 9.50. The van der Waals surface area contributed by atoms with Gasteiger partial charge in [0.25, 0.3) is 0 Å². The van der Waals surface area contributed by atoms with Crippen LogP contribution in [0.5, 0.6) is 0 Å². The number of aromatic nitrogens is 4. The predicted octanol–water partition coefficient (Wildman–Crippen LogP) is 3.51. The van der Waals surface area contributed by atoms with Gasteiger partial charge in [-0.15, -0.1) is 0 Å². The van der Waals surface area contributed by atoms with Crippen molar-refractivity contribution >= 4 is 17.5 Å². The number of benzene rings is 1. The molecule has 3 aromatic rings. The number of carbonyl (C=O) groups is 1. The summed E-state index contributed by atoms with van der Waals surface area (Å²) in [6.45, 7) is 3.67. The number of nitrogens with one attached hydrogen (secondary N) is 3. The fourth-order valence-electron chi connectivity index (χ4n) is 4.28. The van der Waals surface area contributed by atoms with Gasteiger partial charge in [-0.05, 0) is 62.4 Å². The highest BCUT2D eigenvalue weighted by atomic mass is 19.1. The standard InChI is InChI=1S/C25H30FN7O/c1-17-11-29-24(32-22(17)19-13-30-33(14-19)16-25(15-26)8-9-25)31-20-6-4-18(5-7-20)12-28-23(34)21-3-2-10-27-21/h4-7,11,13-14,21,27H,2-3,8-10,12,15-16H2,1H3,(H,28,34)(H,29,31,32)/t21-/m0/s1. The van der Waals surface area contributed by atoms with Gasteiger partial charge in [-0.3, -0.25) is 13.9 Å². The largest absolute Gasteiger partial charge is 0.351 e. The highest BCUT2D eigenvalue weighted by molar-refractivity contribution is 5.82. The van der Waals surface area contributed by atoms with Crippen molar-refractivity contribution in [2.75, 3.05) is 18.5 Å². The van der Waals surface area contributed by atoms with Gasteiger partial charge >= 0.3 is 0 Å². The third kappa shape index (κ3) is 5.09. The van der Waals surface area contributed by atoms with Crippen molar-refractivity contribution in [3.05, 3.63) is 54.0 Å². The van der Waals surface area contributed by atoms with Crippen molar-refractivity contribution in [1.82, 2.24) is 30.4 Å². The highest BCUT2D eigenvalue weighted by Gasteiger charge is 2.43. The van der Waals surface area contributed by atoms with Crippen molar-refractivity contribution in [2.45, 2.75) is 51.7 Å². The monoisotopic (exact) mass is 463 g/mol. The molecular formula is C25H30FN7O. The van der Waals surface area contributed by atoms with Crippen LogP contribution >= 0.6 is 0 Å². The lowest BCUT2D eigenvalue weighted by molar-refractivity contribution is -0.122. The van der Waals surface area contributed by atoms with Gasteiger partial charge in [-0.1, -0.05) is 12.1 Å². The van der Waals surface area contributed by atoms with E-state index in [1.54, 1.807) is 12.4 Å². The number of alkyl halides is 1. The Hall–Kier alpha value is -3.33. The number of aryl methyl sites for hydroxylation is 1. The number of hydrogen-bond acceptors (Lipinski definition) is 6. The van der Waals surface area contributed by atoms with Crippen molar-refractivity contribution < 1.29 is 9.18 Å². The molecule has 8 nitrogen and oxygen atoms in total. The zero-order valence-corrected chi connectivity index (χ0v) is 19.4. The smallest absolute Gasteiger partial charge is 0.237 e. The van der Waals surface area contributed by atoms with Gasteiger partial charge < -0.3 is 16.0 Å². The summed E-state index contributed by atoms with van der Waals surface area (Å²) in [6.07, 6.45) is 9.27. The molecule has 178 valence electrons. The van der Waals surface area contributed by atoms with Crippen molar-refractivity contribution in [3.8, 4) is 11.3 Å². The number of carbonyl (C=O) groups excluding carboxylic acids is 1. The fraction of sp³-hybridized carbons (Fsp3) is 0.440. The first-order valence-corrected chi connectivity index (χ1v) is 11.8. The molecular weight excluding hydrogens is 433 g/mol. The minimum absolute atomic E-state index is 0.0561. The third-order valence-electron chi connectivity index (χ3n) is 6.67. The Morgan fingerprint density at radius 1 is 1.26 bits per heavy atom. The lowest BCUT2D eigenvalue weighted by Crippen LogP contribution is -2.39. The molecule has 1 amide bonds. The van der Waals surface area contributed by atoms with Gasteiger partial charge in [0.05, 0.1) is 24.6 Å². The van der Waals surface area contributed by atoms with E-state index in [0.29, 0.717) is 19.0 Å². The molecule has 0 unspecified atom stereocenters. The normalized spacial score (nSPS) is 18.6. The molecule has 1 saturated carbocycles. The molecule has 0 bridgehead atoms. The molecule has 0 spiro atoms. The van der Waals surface area contributed by atoms with Gasteiger partial charge in [-0.25, -0.2) is 9.97 Å². The summed E-state index contributed by atoms with van der Waals surface area (Å²) in [5.41, 5.74) is 4.29. The maximum atomic E-state index is 13.2. The molecule has 1 atom stereocenters. The first-order valence-electron chi connectivity index (χ1n) is 11.8. The first-order chi connectivity index (χ1) is 16.5. The molecule has 2 fully saturated rings. The van der Waals surface area contributed by atoms with E-state index in [4.69, 9.17) is 4.98 Å². The Labute approximate surface area is 198 Å². The maximum absolute atomic E-state index is 13.2. The van der Waals surface area contributed by atoms with E-state index in [9.17, 15) is 9.18 Å². The van der Waals surface area contributed by atoms with Crippen molar-refractivity contribution in [2.24, 2.45) is 5.41 Å². The summed E-state index contributed by atoms with van der Waals surface area (Å²) in [5.74, 6) is 0.546. The highest BCUT2D eigenvalue weighted by Crippen LogP contribution is 2.47. The summed E-state index contributed by atoms with van der Waals surface area (Å²) in [4.78, 5) is 21.3. The minimum Gasteiger partial charge on any atom is -0.351 e. The summed E-state index contributed by atoms with van der Waals surface area (Å²) < 4.78 is 15.1. The number of halogens is 1. The molecule has 0 radical (unpaired) electrons. The number of hydrogen-bond donors (Lipinski definition) is 3. The van der Waals surface area contributed by atoms with Crippen LogP contribution in [-0.4, -0.2) is 44.9 Å². The van der Waals surface area contributed by atoms with Gasteiger partial charge in [0.1, 0.15) is 0 Å². The molecule has 1 aliphatic carbocycles. The number of anilines is 2. The van der Waals surface area contributed by atoms with E-state index < -0.39 is 0 Å². The Bertz CT molecular complexity index is 1150. The van der Waals surface area contributed by atoms with Crippen LogP contribution in [0.2, 0.25) is 0 Å². The molecule has 3 N–H and O–H groups in total. The van der Waals surface area contributed by atoms with E-state index in [0.717, 1.165) is 60.3 Å². The molecule has 3 heterocycles. The first kappa shape index (κ1) is 22.5. The zero-order valence-electron chi connectivity index (χ0n) is 19.4. The van der Waals surface area contributed by atoms with Gasteiger partial charge in [0.2, 0.25) is 11.9 Å². The molecule has 5 rings (SSSR count). The van der Waals surface area contributed by atoms with Crippen LogP contribution < -0.4 is 16.0 Å². The number of nitrogens with zero attached hydrogens (tertiary/aromatic N) is 4. The molecule has 1 aromatic carbocycles. The fourth-order valence-corrected chi connectivity index (χ4v) is 4.28. The van der Waals surface area contributed by atoms with Crippen LogP contribution in [-0.2, 0) is 17.9 Å². The molecule has 2 aromatic heterocycles.